The highest BCUT2D eigenvalue weighted by Crippen LogP contribution is 2.30. The van der Waals surface area contributed by atoms with Crippen LogP contribution >= 0.6 is 0 Å². The van der Waals surface area contributed by atoms with Gasteiger partial charge < -0.3 is 14.0 Å². The van der Waals surface area contributed by atoms with E-state index >= 15 is 0 Å². The predicted octanol–water partition coefficient (Wildman–Crippen LogP) is 1.49. The lowest BCUT2D eigenvalue weighted by Gasteiger charge is -2.30. The van der Waals surface area contributed by atoms with E-state index in [0.717, 1.165) is 6.42 Å². The third-order valence-corrected chi connectivity index (χ3v) is 7.94. The van der Waals surface area contributed by atoms with Gasteiger partial charge in [0.1, 0.15) is 4.75 Å². The highest BCUT2D eigenvalue weighted by molar-refractivity contribution is 7.94. The molecule has 1 atom stereocenters. The lowest BCUT2D eigenvalue weighted by Crippen LogP contribution is -2.50. The fourth-order valence-electron chi connectivity index (χ4n) is 3.10. The third kappa shape index (κ3) is 3.58. The number of ether oxygens (including phenoxy) is 2. The fourth-order valence-corrected chi connectivity index (χ4v) is 5.06. The zero-order chi connectivity index (χ0) is 18.1. The number of rotatable bonds is 5. The Bertz CT molecular complexity index is 715. The standard InChI is InChI=1S/C16H24N2O6S/c1-16(2,25(20,21)12-4-7-22-8-5-12)15(19)17-14-9-13(18-24-14)11-3-6-23-10-11/h9,11-12H,3-8,10H2,1-2H3,(H,17,19). The Morgan fingerprint density at radius 3 is 2.52 bits per heavy atom. The molecule has 1 aromatic rings. The predicted molar refractivity (Wildman–Crippen MR) is 90.1 cm³/mol. The normalized spacial score (nSPS) is 22.9. The van der Waals surface area contributed by atoms with Gasteiger partial charge in [-0.05, 0) is 33.1 Å². The molecule has 0 radical (unpaired) electrons. The van der Waals surface area contributed by atoms with E-state index in [9.17, 15) is 13.2 Å². The molecule has 0 bridgehead atoms. The van der Waals surface area contributed by atoms with E-state index in [4.69, 9.17) is 14.0 Å². The first-order valence-corrected chi connectivity index (χ1v) is 10.0. The average molecular weight is 372 g/mol. The summed E-state index contributed by atoms with van der Waals surface area (Å²) < 4.78 is 39.9. The highest BCUT2D eigenvalue weighted by atomic mass is 32.2. The van der Waals surface area contributed by atoms with Crippen molar-refractivity contribution in [2.75, 3.05) is 31.7 Å². The van der Waals surface area contributed by atoms with Gasteiger partial charge >= 0.3 is 0 Å². The summed E-state index contributed by atoms with van der Waals surface area (Å²) in [6, 6.07) is 1.63. The number of hydrogen-bond acceptors (Lipinski definition) is 7. The van der Waals surface area contributed by atoms with Gasteiger partial charge in [-0.25, -0.2) is 8.42 Å². The minimum atomic E-state index is -3.66. The lowest BCUT2D eigenvalue weighted by atomic mass is 10.1. The summed E-state index contributed by atoms with van der Waals surface area (Å²) >= 11 is 0. The molecule has 1 aromatic heterocycles. The van der Waals surface area contributed by atoms with Crippen molar-refractivity contribution in [3.8, 4) is 0 Å². The van der Waals surface area contributed by atoms with Crippen LogP contribution < -0.4 is 5.32 Å². The van der Waals surface area contributed by atoms with Crippen LogP contribution in [0.5, 0.6) is 0 Å². The molecule has 0 spiro atoms. The second kappa shape index (κ2) is 7.05. The molecule has 3 rings (SSSR count). The van der Waals surface area contributed by atoms with Crippen LogP contribution in [-0.4, -0.2) is 55.9 Å². The Kier molecular flexibility index (Phi) is 5.17. The summed E-state index contributed by atoms with van der Waals surface area (Å²) in [5.74, 6) is -0.320. The maximum atomic E-state index is 12.9. The number of hydrogen-bond donors (Lipinski definition) is 1. The van der Waals surface area contributed by atoms with Crippen LogP contribution in [0.25, 0.3) is 0 Å². The molecular formula is C16H24N2O6S. The van der Waals surface area contributed by atoms with Crippen molar-refractivity contribution in [3.63, 3.8) is 0 Å². The van der Waals surface area contributed by atoms with Crippen molar-refractivity contribution in [3.05, 3.63) is 11.8 Å². The summed E-state index contributed by atoms with van der Waals surface area (Å²) in [5.41, 5.74) is 0.706. The summed E-state index contributed by atoms with van der Waals surface area (Å²) in [4.78, 5) is 12.6. The van der Waals surface area contributed by atoms with E-state index < -0.39 is 25.7 Å². The van der Waals surface area contributed by atoms with Gasteiger partial charge in [-0.2, -0.15) is 0 Å². The van der Waals surface area contributed by atoms with Crippen LogP contribution in [-0.2, 0) is 24.1 Å². The maximum absolute atomic E-state index is 12.9. The molecular weight excluding hydrogens is 348 g/mol. The Labute approximate surface area is 147 Å². The number of anilines is 1. The molecule has 2 saturated heterocycles. The van der Waals surface area contributed by atoms with Crippen LogP contribution in [0.15, 0.2) is 10.6 Å². The van der Waals surface area contributed by atoms with E-state index in [0.29, 0.717) is 45.0 Å². The van der Waals surface area contributed by atoms with Gasteiger partial charge in [0, 0.05) is 31.8 Å². The Morgan fingerprint density at radius 2 is 1.88 bits per heavy atom. The lowest BCUT2D eigenvalue weighted by molar-refractivity contribution is -0.118. The van der Waals surface area contributed by atoms with Crippen LogP contribution in [0.2, 0.25) is 0 Å². The van der Waals surface area contributed by atoms with Crippen LogP contribution in [0.1, 0.15) is 44.7 Å². The van der Waals surface area contributed by atoms with Crippen LogP contribution in [0.3, 0.4) is 0 Å². The first-order valence-electron chi connectivity index (χ1n) is 8.49. The van der Waals surface area contributed by atoms with Crippen molar-refractivity contribution < 1.29 is 27.2 Å². The maximum Gasteiger partial charge on any atom is 0.247 e. The Hall–Kier alpha value is -1.45. The number of carbonyl (C=O) groups is 1. The molecule has 25 heavy (non-hydrogen) atoms. The van der Waals surface area contributed by atoms with Crippen molar-refractivity contribution in [1.82, 2.24) is 5.16 Å². The zero-order valence-electron chi connectivity index (χ0n) is 14.5. The van der Waals surface area contributed by atoms with Crippen molar-refractivity contribution in [2.45, 2.75) is 49.0 Å². The molecule has 0 saturated carbocycles. The van der Waals surface area contributed by atoms with E-state index in [2.05, 4.69) is 10.5 Å². The first-order chi connectivity index (χ1) is 11.8. The van der Waals surface area contributed by atoms with Gasteiger partial charge in [-0.1, -0.05) is 5.16 Å². The van der Waals surface area contributed by atoms with Crippen LogP contribution in [0, 0.1) is 0 Å². The van der Waals surface area contributed by atoms with E-state index in [-0.39, 0.29) is 11.8 Å². The van der Waals surface area contributed by atoms with Gasteiger partial charge in [0.2, 0.25) is 11.8 Å². The van der Waals surface area contributed by atoms with Gasteiger partial charge in [-0.3, -0.25) is 10.1 Å². The zero-order valence-corrected chi connectivity index (χ0v) is 15.3. The van der Waals surface area contributed by atoms with Gasteiger partial charge in [0.05, 0.1) is 17.6 Å². The van der Waals surface area contributed by atoms with E-state index in [1.807, 2.05) is 0 Å². The topological polar surface area (TPSA) is 108 Å². The molecule has 1 N–H and O–H groups in total. The molecule has 9 heteroatoms. The molecule has 2 fully saturated rings. The highest BCUT2D eigenvalue weighted by Gasteiger charge is 2.46. The second-order valence-corrected chi connectivity index (χ2v) is 9.78. The fraction of sp³-hybridized carbons (Fsp3) is 0.750. The smallest absolute Gasteiger partial charge is 0.247 e. The summed E-state index contributed by atoms with van der Waals surface area (Å²) in [6.07, 6.45) is 1.67. The minimum absolute atomic E-state index is 0.147. The van der Waals surface area contributed by atoms with Crippen molar-refractivity contribution in [2.24, 2.45) is 0 Å². The molecule has 2 aliphatic rings. The molecule has 8 nitrogen and oxygen atoms in total. The molecule has 3 heterocycles. The Morgan fingerprint density at radius 1 is 1.20 bits per heavy atom. The SMILES string of the molecule is CC(C)(C(=O)Nc1cc(C2CCOC2)no1)S(=O)(=O)C1CCOCC1. The summed E-state index contributed by atoms with van der Waals surface area (Å²) in [7, 11) is -3.66. The molecule has 1 amide bonds. The molecule has 2 aliphatic heterocycles. The van der Waals surface area contributed by atoms with Crippen molar-refractivity contribution >= 4 is 21.6 Å². The summed E-state index contributed by atoms with van der Waals surface area (Å²) in [6.45, 7) is 4.90. The van der Waals surface area contributed by atoms with Gasteiger partial charge in [-0.15, -0.1) is 0 Å². The number of carbonyl (C=O) groups excluding carboxylic acids is 1. The molecule has 0 aliphatic carbocycles. The number of sulfone groups is 1. The number of amides is 1. The van der Waals surface area contributed by atoms with Gasteiger partial charge in [0.25, 0.3) is 0 Å². The molecule has 140 valence electrons. The molecule has 1 unspecified atom stereocenters. The second-order valence-electron chi connectivity index (χ2n) is 7.00. The largest absolute Gasteiger partial charge is 0.381 e. The van der Waals surface area contributed by atoms with E-state index in [1.165, 1.54) is 13.8 Å². The third-order valence-electron chi connectivity index (χ3n) is 4.98. The molecule has 0 aromatic carbocycles. The van der Waals surface area contributed by atoms with E-state index in [1.54, 1.807) is 6.07 Å². The first kappa shape index (κ1) is 18.3. The van der Waals surface area contributed by atoms with Gasteiger partial charge in [0.15, 0.2) is 9.84 Å². The summed E-state index contributed by atoms with van der Waals surface area (Å²) in [5, 5.41) is 5.93. The quantitative estimate of drug-likeness (QED) is 0.834. The minimum Gasteiger partial charge on any atom is -0.381 e. The average Bonchev–Trinajstić information content (AvgIpc) is 3.26. The Balaban J connectivity index is 1.70. The number of nitrogens with zero attached hydrogens (tertiary/aromatic N) is 1. The number of aromatic nitrogens is 1. The number of nitrogens with one attached hydrogen (secondary N) is 1. The van der Waals surface area contributed by atoms with Crippen molar-refractivity contribution in [1.29, 1.82) is 0 Å². The van der Waals surface area contributed by atoms with Crippen LogP contribution in [0.4, 0.5) is 5.88 Å². The monoisotopic (exact) mass is 372 g/mol.